The van der Waals surface area contributed by atoms with E-state index < -0.39 is 11.9 Å². The van der Waals surface area contributed by atoms with Gasteiger partial charge in [0.2, 0.25) is 0 Å². The fraction of sp³-hybridized carbons (Fsp3) is 0.400. The highest BCUT2D eigenvalue weighted by molar-refractivity contribution is 5.86. The molecule has 1 N–H and O–H groups in total. The first-order chi connectivity index (χ1) is 12.9. The first-order valence-corrected chi connectivity index (χ1v) is 8.07. The first-order valence-electron chi connectivity index (χ1n) is 8.07. The minimum absolute atomic E-state index is 0.176. The summed E-state index contributed by atoms with van der Waals surface area (Å²) in [7, 11) is 2.64. The van der Waals surface area contributed by atoms with Crippen molar-refractivity contribution in [3.05, 3.63) is 49.6 Å². The zero-order valence-corrected chi connectivity index (χ0v) is 17.4. The van der Waals surface area contributed by atoms with Gasteiger partial charge in [0.05, 0.1) is 20.8 Å². The summed E-state index contributed by atoms with van der Waals surface area (Å²) in [4.78, 5) is 40.0. The molecular formula is C20H32O8. The number of carboxylic acids is 1. The van der Waals surface area contributed by atoms with Crippen molar-refractivity contribution in [2.75, 3.05) is 20.8 Å². The second-order valence-corrected chi connectivity index (χ2v) is 4.81. The molecule has 0 amide bonds. The Labute approximate surface area is 167 Å². The molecule has 0 fully saturated rings. The van der Waals surface area contributed by atoms with Crippen molar-refractivity contribution >= 4 is 23.9 Å². The lowest BCUT2D eigenvalue weighted by atomic mass is 10.4. The number of ether oxygens (including phenoxy) is 3. The molecule has 0 bridgehead atoms. The van der Waals surface area contributed by atoms with Crippen LogP contribution in [0.5, 0.6) is 0 Å². The molecule has 28 heavy (non-hydrogen) atoms. The molecule has 0 aromatic rings. The van der Waals surface area contributed by atoms with Crippen molar-refractivity contribution in [1.82, 2.24) is 0 Å². The van der Waals surface area contributed by atoms with Gasteiger partial charge < -0.3 is 19.3 Å². The van der Waals surface area contributed by atoms with E-state index in [4.69, 9.17) is 5.11 Å². The van der Waals surface area contributed by atoms with Gasteiger partial charge in [0.25, 0.3) is 0 Å². The summed E-state index contributed by atoms with van der Waals surface area (Å²) < 4.78 is 13.1. The molecule has 0 aliphatic heterocycles. The molecule has 0 aromatic heterocycles. The summed E-state index contributed by atoms with van der Waals surface area (Å²) in [5.74, 6) is -2.01. The van der Waals surface area contributed by atoms with E-state index in [1.54, 1.807) is 6.92 Å². The zero-order chi connectivity index (χ0) is 23.1. The van der Waals surface area contributed by atoms with Gasteiger partial charge in [-0.3, -0.25) is 0 Å². The van der Waals surface area contributed by atoms with Crippen molar-refractivity contribution < 1.29 is 38.5 Å². The van der Waals surface area contributed by atoms with Crippen molar-refractivity contribution in [3.8, 4) is 0 Å². The molecule has 8 heteroatoms. The second kappa shape index (κ2) is 23.8. The van der Waals surface area contributed by atoms with E-state index in [1.807, 2.05) is 6.92 Å². The molecule has 160 valence electrons. The maximum Gasteiger partial charge on any atom is 0.332 e. The van der Waals surface area contributed by atoms with E-state index in [2.05, 4.69) is 40.5 Å². The molecule has 0 aliphatic carbocycles. The van der Waals surface area contributed by atoms with E-state index in [9.17, 15) is 19.2 Å². The molecule has 0 atom stereocenters. The Balaban J connectivity index is -0.000000139. The molecule has 0 rings (SSSR count). The molecule has 8 nitrogen and oxygen atoms in total. The van der Waals surface area contributed by atoms with Gasteiger partial charge in [-0.2, -0.15) is 0 Å². The van der Waals surface area contributed by atoms with Crippen LogP contribution >= 0.6 is 0 Å². The minimum atomic E-state index is -0.935. The van der Waals surface area contributed by atoms with Crippen molar-refractivity contribution in [2.24, 2.45) is 0 Å². The van der Waals surface area contributed by atoms with Crippen LogP contribution in [0, 0.1) is 0 Å². The quantitative estimate of drug-likeness (QED) is 0.300. The van der Waals surface area contributed by atoms with E-state index in [0.717, 1.165) is 18.9 Å². The average Bonchev–Trinajstić information content (AvgIpc) is 2.67. The Kier molecular flexibility index (Phi) is 27.7. The molecule has 0 heterocycles. The Morgan fingerprint density at radius 1 is 0.893 bits per heavy atom. The summed E-state index contributed by atoms with van der Waals surface area (Å²) in [6.45, 7) is 18.5. The molecule has 0 aliphatic rings. The van der Waals surface area contributed by atoms with Gasteiger partial charge >= 0.3 is 23.9 Å². The molecule has 0 aromatic carbocycles. The van der Waals surface area contributed by atoms with E-state index in [1.165, 1.54) is 27.2 Å². The minimum Gasteiger partial charge on any atom is -0.478 e. The smallest absolute Gasteiger partial charge is 0.332 e. The van der Waals surface area contributed by atoms with Crippen LogP contribution in [-0.2, 0) is 33.4 Å². The van der Waals surface area contributed by atoms with Crippen molar-refractivity contribution in [1.29, 1.82) is 0 Å². The standard InChI is InChI=1S/C7H12O2.C5H8O2.2C4H6O2/c1-3-5-6-9-7(8)4-2;1-4(2)5(6)7-3;1-3-4(5)6-2;1-3(2)4(5)6/h4H,2-3,5-6H2,1H3;1H2,2-3H3;3H,1H2,2H3;1H2,2H3,(H,5,6). The normalized spacial score (nSPS) is 7.75. The zero-order valence-electron chi connectivity index (χ0n) is 17.4. The van der Waals surface area contributed by atoms with Crippen LogP contribution in [0.2, 0.25) is 0 Å². The number of esters is 3. The number of unbranched alkanes of at least 4 members (excludes halogenated alkanes) is 1. The summed E-state index contributed by atoms with van der Waals surface area (Å²) in [5, 5.41) is 7.89. The summed E-state index contributed by atoms with van der Waals surface area (Å²) in [5.41, 5.74) is 0.609. The Morgan fingerprint density at radius 3 is 1.46 bits per heavy atom. The predicted octanol–water partition coefficient (Wildman–Crippen LogP) is 3.24. The fourth-order valence-electron chi connectivity index (χ4n) is 0.634. The lowest BCUT2D eigenvalue weighted by Gasteiger charge is -1.97. The van der Waals surface area contributed by atoms with Crippen LogP contribution in [0.25, 0.3) is 0 Å². The van der Waals surface area contributed by atoms with Crippen LogP contribution in [-0.4, -0.2) is 49.8 Å². The van der Waals surface area contributed by atoms with Gasteiger partial charge in [-0.15, -0.1) is 0 Å². The highest BCUT2D eigenvalue weighted by Gasteiger charge is 1.95. The largest absolute Gasteiger partial charge is 0.478 e. The topological polar surface area (TPSA) is 116 Å². The molecule has 0 unspecified atom stereocenters. The van der Waals surface area contributed by atoms with E-state index >= 15 is 0 Å². The Hall–Kier alpha value is -3.16. The number of hydrogen-bond donors (Lipinski definition) is 1. The number of rotatable bonds is 7. The maximum atomic E-state index is 10.3. The van der Waals surface area contributed by atoms with Crippen LogP contribution in [0.15, 0.2) is 49.6 Å². The second-order valence-electron chi connectivity index (χ2n) is 4.81. The van der Waals surface area contributed by atoms with Crippen LogP contribution in [0.1, 0.15) is 33.6 Å². The number of hydrogen-bond acceptors (Lipinski definition) is 7. The molecule has 0 spiro atoms. The number of methoxy groups -OCH3 is 2. The first kappa shape index (κ1) is 32.5. The number of carboxylic acid groups (broad SMARTS) is 1. The number of aliphatic carboxylic acids is 1. The molecule has 0 saturated carbocycles. The molecule has 0 saturated heterocycles. The predicted molar refractivity (Wildman–Crippen MR) is 108 cm³/mol. The van der Waals surface area contributed by atoms with E-state index in [0.29, 0.717) is 12.2 Å². The van der Waals surface area contributed by atoms with Gasteiger partial charge in [-0.25, -0.2) is 19.2 Å². The van der Waals surface area contributed by atoms with E-state index in [-0.39, 0.29) is 17.5 Å². The fourth-order valence-corrected chi connectivity index (χ4v) is 0.634. The van der Waals surface area contributed by atoms with Gasteiger partial charge in [-0.1, -0.05) is 39.7 Å². The van der Waals surface area contributed by atoms with Gasteiger partial charge in [0.15, 0.2) is 0 Å². The third-order valence-electron chi connectivity index (χ3n) is 2.18. The van der Waals surface area contributed by atoms with Gasteiger partial charge in [-0.05, 0) is 20.3 Å². The third-order valence-corrected chi connectivity index (χ3v) is 2.18. The Bertz CT molecular complexity index is 518. The monoisotopic (exact) mass is 400 g/mol. The lowest BCUT2D eigenvalue weighted by Crippen LogP contribution is -2.00. The molecule has 0 radical (unpaired) electrons. The van der Waals surface area contributed by atoms with Crippen LogP contribution in [0.3, 0.4) is 0 Å². The third kappa shape index (κ3) is 34.2. The Morgan fingerprint density at radius 2 is 1.32 bits per heavy atom. The molecular weight excluding hydrogens is 368 g/mol. The SMILES string of the molecule is C=C(C)C(=O)O.C=C(C)C(=O)OC.C=CC(=O)OC.C=CC(=O)OCCCC. The number of carbonyl (C=O) groups is 4. The summed E-state index contributed by atoms with van der Waals surface area (Å²) in [6, 6.07) is 0. The highest BCUT2D eigenvalue weighted by Crippen LogP contribution is 1.88. The van der Waals surface area contributed by atoms with Crippen molar-refractivity contribution in [3.63, 3.8) is 0 Å². The average molecular weight is 400 g/mol. The van der Waals surface area contributed by atoms with Gasteiger partial charge in [0.1, 0.15) is 0 Å². The van der Waals surface area contributed by atoms with Gasteiger partial charge in [0, 0.05) is 23.3 Å². The van der Waals surface area contributed by atoms with Crippen LogP contribution in [0.4, 0.5) is 0 Å². The lowest BCUT2D eigenvalue weighted by molar-refractivity contribution is -0.138. The number of carbonyl (C=O) groups excluding carboxylic acids is 3. The highest BCUT2D eigenvalue weighted by atomic mass is 16.5. The van der Waals surface area contributed by atoms with Crippen LogP contribution < -0.4 is 0 Å². The van der Waals surface area contributed by atoms with Crippen molar-refractivity contribution in [2.45, 2.75) is 33.6 Å². The maximum absolute atomic E-state index is 10.3. The summed E-state index contributed by atoms with van der Waals surface area (Å²) in [6.07, 6.45) is 4.26. The summed E-state index contributed by atoms with van der Waals surface area (Å²) >= 11 is 0.